The second-order valence-electron chi connectivity index (χ2n) is 6.82. The largest absolute Gasteiger partial charge is 0.480 e. The van der Waals surface area contributed by atoms with Crippen molar-refractivity contribution in [3.8, 4) is 0 Å². The minimum Gasteiger partial charge on any atom is -0.480 e. The lowest BCUT2D eigenvalue weighted by atomic mass is 9.95. The van der Waals surface area contributed by atoms with Gasteiger partial charge in [0.15, 0.2) is 0 Å². The maximum Gasteiger partial charge on any atom is 0.323 e. The van der Waals surface area contributed by atoms with Crippen LogP contribution in [0, 0.1) is 12.3 Å². The Morgan fingerprint density at radius 2 is 1.95 bits per heavy atom. The van der Waals surface area contributed by atoms with E-state index in [1.165, 1.54) is 4.90 Å². The molecule has 1 aromatic rings. The van der Waals surface area contributed by atoms with E-state index in [1.807, 2.05) is 34.6 Å². The molecule has 0 fully saturated rings. The summed E-state index contributed by atoms with van der Waals surface area (Å²) in [6, 6.07) is 0.154. The number of hydrogen-bond acceptors (Lipinski definition) is 3. The molecule has 1 N–H and O–H groups in total. The summed E-state index contributed by atoms with van der Waals surface area (Å²) in [6.45, 7) is 11.7. The van der Waals surface area contributed by atoms with Crippen molar-refractivity contribution >= 4 is 11.9 Å². The monoisotopic (exact) mass is 295 g/mol. The van der Waals surface area contributed by atoms with Crippen LogP contribution in [0.25, 0.3) is 0 Å². The van der Waals surface area contributed by atoms with Crippen molar-refractivity contribution in [1.82, 2.24) is 14.7 Å². The van der Waals surface area contributed by atoms with Gasteiger partial charge < -0.3 is 10.0 Å². The summed E-state index contributed by atoms with van der Waals surface area (Å²) >= 11 is 0. The Hall–Kier alpha value is -1.85. The Bertz CT molecular complexity index is 527. The molecule has 0 saturated heterocycles. The zero-order chi connectivity index (χ0) is 16.4. The molecule has 0 aliphatic heterocycles. The van der Waals surface area contributed by atoms with E-state index in [0.29, 0.717) is 17.8 Å². The quantitative estimate of drug-likeness (QED) is 0.904. The second kappa shape index (κ2) is 6.28. The highest BCUT2D eigenvalue weighted by atomic mass is 16.4. The number of aromatic nitrogens is 2. The normalized spacial score (nSPS) is 11.8. The molecule has 1 amide bonds. The van der Waals surface area contributed by atoms with Gasteiger partial charge in [0.1, 0.15) is 6.54 Å². The first kappa shape index (κ1) is 17.2. The summed E-state index contributed by atoms with van der Waals surface area (Å²) in [5.74, 6) is -1.29. The molecule has 1 heterocycles. The standard InChI is InChI=1S/C15H25N3O3/c1-10(2)18-7-12(11(3)16-18)14(21)17(8-13(19)20)9-15(4,5)6/h7,10H,8-9H2,1-6H3,(H,19,20). The lowest BCUT2D eigenvalue weighted by Gasteiger charge is -2.28. The van der Waals surface area contributed by atoms with Crippen molar-refractivity contribution in [1.29, 1.82) is 0 Å². The average molecular weight is 295 g/mol. The Morgan fingerprint density at radius 1 is 1.38 bits per heavy atom. The predicted molar refractivity (Wildman–Crippen MR) is 80.3 cm³/mol. The van der Waals surface area contributed by atoms with E-state index in [0.717, 1.165) is 0 Å². The molecular formula is C15H25N3O3. The van der Waals surface area contributed by atoms with Crippen LogP contribution in [0.4, 0.5) is 0 Å². The molecule has 0 unspecified atom stereocenters. The third kappa shape index (κ3) is 4.88. The van der Waals surface area contributed by atoms with Gasteiger partial charge in [0, 0.05) is 18.8 Å². The third-order valence-electron chi connectivity index (χ3n) is 2.95. The summed E-state index contributed by atoms with van der Waals surface area (Å²) in [7, 11) is 0. The summed E-state index contributed by atoms with van der Waals surface area (Å²) in [4.78, 5) is 25.0. The lowest BCUT2D eigenvalue weighted by Crippen LogP contribution is -2.41. The smallest absolute Gasteiger partial charge is 0.323 e. The van der Waals surface area contributed by atoms with Gasteiger partial charge in [0.2, 0.25) is 0 Å². The molecule has 0 aliphatic carbocycles. The molecule has 0 spiro atoms. The highest BCUT2D eigenvalue weighted by Crippen LogP contribution is 2.19. The van der Waals surface area contributed by atoms with Crippen molar-refractivity contribution in [2.75, 3.05) is 13.1 Å². The van der Waals surface area contributed by atoms with Gasteiger partial charge in [-0.05, 0) is 26.2 Å². The minimum absolute atomic E-state index is 0.154. The zero-order valence-electron chi connectivity index (χ0n) is 13.7. The molecule has 21 heavy (non-hydrogen) atoms. The lowest BCUT2D eigenvalue weighted by molar-refractivity contribution is -0.138. The van der Waals surface area contributed by atoms with Crippen LogP contribution in [0.5, 0.6) is 0 Å². The van der Waals surface area contributed by atoms with E-state index >= 15 is 0 Å². The molecule has 6 heteroatoms. The summed E-state index contributed by atoms with van der Waals surface area (Å²) in [5, 5.41) is 13.3. The molecular weight excluding hydrogens is 270 g/mol. The van der Waals surface area contributed by atoms with Crippen LogP contribution in [0.1, 0.15) is 56.7 Å². The van der Waals surface area contributed by atoms with Crippen LogP contribution < -0.4 is 0 Å². The van der Waals surface area contributed by atoms with Gasteiger partial charge in [0.05, 0.1) is 11.3 Å². The number of aliphatic carboxylic acids is 1. The van der Waals surface area contributed by atoms with E-state index in [-0.39, 0.29) is 23.9 Å². The predicted octanol–water partition coefficient (Wildman–Crippen LogP) is 2.35. The Balaban J connectivity index is 3.07. The van der Waals surface area contributed by atoms with Crippen molar-refractivity contribution < 1.29 is 14.7 Å². The Kier molecular flexibility index (Phi) is 5.15. The van der Waals surface area contributed by atoms with Crippen molar-refractivity contribution in [2.24, 2.45) is 5.41 Å². The summed E-state index contributed by atoms with van der Waals surface area (Å²) in [6.07, 6.45) is 1.69. The van der Waals surface area contributed by atoms with Gasteiger partial charge in [-0.25, -0.2) is 0 Å². The number of carboxylic acid groups (broad SMARTS) is 1. The van der Waals surface area contributed by atoms with Crippen LogP contribution >= 0.6 is 0 Å². The van der Waals surface area contributed by atoms with E-state index in [1.54, 1.807) is 17.8 Å². The fourth-order valence-electron chi connectivity index (χ4n) is 2.06. The van der Waals surface area contributed by atoms with Crippen LogP contribution in [0.15, 0.2) is 6.20 Å². The number of amides is 1. The fraction of sp³-hybridized carbons (Fsp3) is 0.667. The minimum atomic E-state index is -1.01. The third-order valence-corrected chi connectivity index (χ3v) is 2.95. The van der Waals surface area contributed by atoms with Crippen LogP contribution in [-0.4, -0.2) is 44.8 Å². The van der Waals surface area contributed by atoms with E-state index in [2.05, 4.69) is 5.10 Å². The van der Waals surface area contributed by atoms with Gasteiger partial charge in [-0.1, -0.05) is 20.8 Å². The van der Waals surface area contributed by atoms with Crippen LogP contribution in [0.2, 0.25) is 0 Å². The molecule has 0 radical (unpaired) electrons. The first-order valence-electron chi connectivity index (χ1n) is 7.08. The van der Waals surface area contributed by atoms with Gasteiger partial charge in [-0.2, -0.15) is 5.10 Å². The van der Waals surface area contributed by atoms with Crippen molar-refractivity contribution in [2.45, 2.75) is 47.6 Å². The Morgan fingerprint density at radius 3 is 2.33 bits per heavy atom. The number of aryl methyl sites for hydroxylation is 1. The first-order valence-corrected chi connectivity index (χ1v) is 7.08. The topological polar surface area (TPSA) is 75.4 Å². The highest BCUT2D eigenvalue weighted by molar-refractivity contribution is 5.96. The van der Waals surface area contributed by atoms with Crippen LogP contribution in [-0.2, 0) is 4.79 Å². The highest BCUT2D eigenvalue weighted by Gasteiger charge is 2.26. The molecule has 0 aromatic carbocycles. The molecule has 1 rings (SSSR count). The zero-order valence-corrected chi connectivity index (χ0v) is 13.7. The number of nitrogens with zero attached hydrogens (tertiary/aromatic N) is 3. The maximum absolute atomic E-state index is 12.6. The molecule has 0 atom stereocenters. The van der Waals surface area contributed by atoms with Crippen molar-refractivity contribution in [3.05, 3.63) is 17.5 Å². The van der Waals surface area contributed by atoms with Gasteiger partial charge in [-0.3, -0.25) is 14.3 Å². The number of carbonyl (C=O) groups excluding carboxylic acids is 1. The second-order valence-corrected chi connectivity index (χ2v) is 6.82. The molecule has 0 bridgehead atoms. The number of rotatable bonds is 5. The number of hydrogen-bond donors (Lipinski definition) is 1. The molecule has 6 nitrogen and oxygen atoms in total. The maximum atomic E-state index is 12.6. The SMILES string of the molecule is Cc1nn(C(C)C)cc1C(=O)N(CC(=O)O)CC(C)(C)C. The van der Waals surface area contributed by atoms with Gasteiger partial charge >= 0.3 is 5.97 Å². The molecule has 0 saturated carbocycles. The average Bonchev–Trinajstić information content (AvgIpc) is 2.67. The number of carbonyl (C=O) groups is 2. The molecule has 0 aliphatic rings. The number of carboxylic acids is 1. The van der Waals surface area contributed by atoms with E-state index < -0.39 is 5.97 Å². The van der Waals surface area contributed by atoms with Gasteiger partial charge in [0.25, 0.3) is 5.91 Å². The van der Waals surface area contributed by atoms with E-state index in [9.17, 15) is 9.59 Å². The van der Waals surface area contributed by atoms with Gasteiger partial charge in [-0.15, -0.1) is 0 Å². The Labute approximate surface area is 125 Å². The van der Waals surface area contributed by atoms with Crippen molar-refractivity contribution in [3.63, 3.8) is 0 Å². The molecule has 1 aromatic heterocycles. The van der Waals surface area contributed by atoms with Crippen LogP contribution in [0.3, 0.4) is 0 Å². The van der Waals surface area contributed by atoms with E-state index in [4.69, 9.17) is 5.11 Å². The fourth-order valence-corrected chi connectivity index (χ4v) is 2.06. The summed E-state index contributed by atoms with van der Waals surface area (Å²) < 4.78 is 1.72. The molecule has 118 valence electrons. The summed E-state index contributed by atoms with van der Waals surface area (Å²) in [5.41, 5.74) is 0.916. The first-order chi connectivity index (χ1) is 9.51.